The van der Waals surface area contributed by atoms with Gasteiger partial charge < -0.3 is 9.64 Å². The van der Waals surface area contributed by atoms with Crippen LogP contribution < -0.4 is 0 Å². The molecule has 1 unspecified atom stereocenters. The van der Waals surface area contributed by atoms with E-state index >= 15 is 0 Å². The largest absolute Gasteiger partial charge is 0.381 e. The van der Waals surface area contributed by atoms with E-state index < -0.39 is 0 Å². The van der Waals surface area contributed by atoms with Crippen molar-refractivity contribution in [3.8, 4) is 0 Å². The molecule has 1 aromatic heterocycles. The van der Waals surface area contributed by atoms with E-state index in [2.05, 4.69) is 25.6 Å². The van der Waals surface area contributed by atoms with Crippen LogP contribution in [0.5, 0.6) is 0 Å². The van der Waals surface area contributed by atoms with Crippen molar-refractivity contribution in [2.75, 3.05) is 39.4 Å². The van der Waals surface area contributed by atoms with Crippen molar-refractivity contribution in [1.82, 2.24) is 19.6 Å². The maximum Gasteiger partial charge on any atom is 0.0662 e. The van der Waals surface area contributed by atoms with Crippen LogP contribution in [0, 0.1) is 0 Å². The first-order valence-electron chi connectivity index (χ1n) is 8.97. The van der Waals surface area contributed by atoms with Gasteiger partial charge in [-0.15, -0.1) is 0 Å². The summed E-state index contributed by atoms with van der Waals surface area (Å²) in [6.07, 6.45) is 8.35. The minimum absolute atomic E-state index is 0.544. The second-order valence-corrected chi connectivity index (χ2v) is 7.03. The lowest BCUT2D eigenvalue weighted by Gasteiger charge is -2.40. The SMILES string of the molecule is c1cc2n(n1)C(CCN1CCCC1)CN(C1CCOCC1)C2. The summed E-state index contributed by atoms with van der Waals surface area (Å²) in [5.74, 6) is 0. The van der Waals surface area contributed by atoms with Gasteiger partial charge in [0.2, 0.25) is 0 Å². The molecule has 5 nitrogen and oxygen atoms in total. The molecule has 4 rings (SSSR count). The van der Waals surface area contributed by atoms with Gasteiger partial charge in [-0.2, -0.15) is 5.10 Å². The number of hydrogen-bond acceptors (Lipinski definition) is 4. The summed E-state index contributed by atoms with van der Waals surface area (Å²) < 4.78 is 7.83. The molecule has 0 saturated carbocycles. The van der Waals surface area contributed by atoms with Gasteiger partial charge >= 0.3 is 0 Å². The summed E-state index contributed by atoms with van der Waals surface area (Å²) in [6, 6.07) is 3.45. The summed E-state index contributed by atoms with van der Waals surface area (Å²) in [5, 5.41) is 4.61. The van der Waals surface area contributed by atoms with E-state index in [9.17, 15) is 0 Å². The Balaban J connectivity index is 1.42. The van der Waals surface area contributed by atoms with E-state index in [1.54, 1.807) is 0 Å². The Morgan fingerprint density at radius 3 is 2.82 bits per heavy atom. The fraction of sp³-hybridized carbons (Fsp3) is 0.824. The average Bonchev–Trinajstić information content (AvgIpc) is 3.24. The predicted molar refractivity (Wildman–Crippen MR) is 85.8 cm³/mol. The maximum absolute atomic E-state index is 5.54. The molecule has 22 heavy (non-hydrogen) atoms. The molecule has 4 heterocycles. The molecule has 0 N–H and O–H groups in total. The topological polar surface area (TPSA) is 33.5 Å². The number of likely N-dealkylation sites (tertiary alicyclic amines) is 1. The van der Waals surface area contributed by atoms with E-state index in [0.29, 0.717) is 12.1 Å². The fourth-order valence-corrected chi connectivity index (χ4v) is 4.30. The number of hydrogen-bond donors (Lipinski definition) is 0. The Labute approximate surface area is 133 Å². The van der Waals surface area contributed by atoms with Gasteiger partial charge in [0.1, 0.15) is 0 Å². The zero-order chi connectivity index (χ0) is 14.8. The van der Waals surface area contributed by atoms with E-state index in [1.807, 2.05) is 6.20 Å². The highest BCUT2D eigenvalue weighted by atomic mass is 16.5. The smallest absolute Gasteiger partial charge is 0.0662 e. The van der Waals surface area contributed by atoms with E-state index in [0.717, 1.165) is 26.3 Å². The Kier molecular flexibility index (Phi) is 4.46. The van der Waals surface area contributed by atoms with Crippen LogP contribution in [0.1, 0.15) is 43.8 Å². The number of aromatic nitrogens is 2. The second-order valence-electron chi connectivity index (χ2n) is 7.03. The normalized spacial score (nSPS) is 28.1. The van der Waals surface area contributed by atoms with E-state index in [4.69, 9.17) is 4.74 Å². The summed E-state index contributed by atoms with van der Waals surface area (Å²) >= 11 is 0. The lowest BCUT2D eigenvalue weighted by Crippen LogP contribution is -2.46. The Hall–Kier alpha value is -0.910. The van der Waals surface area contributed by atoms with Crippen LogP contribution in [0.2, 0.25) is 0 Å². The summed E-state index contributed by atoms with van der Waals surface area (Å²) in [5.41, 5.74) is 1.39. The predicted octanol–water partition coefficient (Wildman–Crippen LogP) is 1.90. The van der Waals surface area contributed by atoms with Gasteiger partial charge in [0.05, 0.1) is 11.7 Å². The van der Waals surface area contributed by atoms with Crippen molar-refractivity contribution >= 4 is 0 Å². The molecule has 0 spiro atoms. The van der Waals surface area contributed by atoms with Crippen molar-refractivity contribution in [1.29, 1.82) is 0 Å². The monoisotopic (exact) mass is 304 g/mol. The molecule has 2 fully saturated rings. The van der Waals surface area contributed by atoms with Crippen LogP contribution in [-0.4, -0.2) is 65.0 Å². The third kappa shape index (κ3) is 3.07. The molecule has 2 saturated heterocycles. The highest BCUT2D eigenvalue weighted by molar-refractivity contribution is 5.06. The van der Waals surface area contributed by atoms with Crippen molar-refractivity contribution in [2.45, 2.75) is 50.7 Å². The molecule has 3 aliphatic rings. The quantitative estimate of drug-likeness (QED) is 0.851. The first-order valence-corrected chi connectivity index (χ1v) is 8.97. The van der Waals surface area contributed by atoms with Crippen LogP contribution >= 0.6 is 0 Å². The van der Waals surface area contributed by atoms with Crippen LogP contribution in [-0.2, 0) is 11.3 Å². The molecule has 1 aromatic rings. The van der Waals surface area contributed by atoms with E-state index in [-0.39, 0.29) is 0 Å². The van der Waals surface area contributed by atoms with Gasteiger partial charge in [0, 0.05) is 45.1 Å². The fourth-order valence-electron chi connectivity index (χ4n) is 4.30. The van der Waals surface area contributed by atoms with Crippen molar-refractivity contribution in [3.05, 3.63) is 18.0 Å². The van der Waals surface area contributed by atoms with Gasteiger partial charge in [-0.1, -0.05) is 0 Å². The second kappa shape index (κ2) is 6.69. The van der Waals surface area contributed by atoms with Crippen LogP contribution in [0.25, 0.3) is 0 Å². The van der Waals surface area contributed by atoms with Crippen molar-refractivity contribution in [2.24, 2.45) is 0 Å². The highest BCUT2D eigenvalue weighted by Gasteiger charge is 2.31. The number of fused-ring (bicyclic) bond motifs is 1. The number of ether oxygens (including phenoxy) is 1. The molecule has 0 radical (unpaired) electrons. The maximum atomic E-state index is 5.54. The van der Waals surface area contributed by atoms with Gasteiger partial charge in [-0.25, -0.2) is 0 Å². The third-order valence-electron chi connectivity index (χ3n) is 5.59. The lowest BCUT2D eigenvalue weighted by atomic mass is 10.0. The standard InChI is InChI=1S/C17H28N4O/c1-2-9-19(8-1)10-4-17-14-20(15-5-11-22-12-6-15)13-16-3-7-18-21(16)17/h3,7,15,17H,1-2,4-6,8-14H2. The van der Waals surface area contributed by atoms with Crippen molar-refractivity contribution in [3.63, 3.8) is 0 Å². The molecule has 0 amide bonds. The Bertz CT molecular complexity index is 477. The summed E-state index contributed by atoms with van der Waals surface area (Å²) in [4.78, 5) is 5.31. The minimum Gasteiger partial charge on any atom is -0.381 e. The van der Waals surface area contributed by atoms with E-state index in [1.165, 1.54) is 57.4 Å². The zero-order valence-corrected chi connectivity index (χ0v) is 13.5. The third-order valence-corrected chi connectivity index (χ3v) is 5.59. The molecule has 1 atom stereocenters. The van der Waals surface area contributed by atoms with Crippen LogP contribution in [0.4, 0.5) is 0 Å². The minimum atomic E-state index is 0.544. The average molecular weight is 304 g/mol. The molecular formula is C17H28N4O. The molecule has 0 aliphatic carbocycles. The van der Waals surface area contributed by atoms with Gasteiger partial charge in [0.25, 0.3) is 0 Å². The molecule has 3 aliphatic heterocycles. The Morgan fingerprint density at radius 2 is 2.00 bits per heavy atom. The summed E-state index contributed by atoms with van der Waals surface area (Å²) in [6.45, 7) is 7.89. The van der Waals surface area contributed by atoms with Crippen LogP contribution in [0.3, 0.4) is 0 Å². The van der Waals surface area contributed by atoms with Gasteiger partial charge in [0.15, 0.2) is 0 Å². The van der Waals surface area contributed by atoms with Crippen molar-refractivity contribution < 1.29 is 4.74 Å². The molecule has 5 heteroatoms. The lowest BCUT2D eigenvalue weighted by molar-refractivity contribution is 0.0151. The van der Waals surface area contributed by atoms with Gasteiger partial charge in [-0.05, 0) is 51.3 Å². The Morgan fingerprint density at radius 1 is 1.18 bits per heavy atom. The van der Waals surface area contributed by atoms with Gasteiger partial charge in [-0.3, -0.25) is 9.58 Å². The highest BCUT2D eigenvalue weighted by Crippen LogP contribution is 2.28. The zero-order valence-electron chi connectivity index (χ0n) is 13.5. The summed E-state index contributed by atoms with van der Waals surface area (Å²) in [7, 11) is 0. The van der Waals surface area contributed by atoms with Crippen LogP contribution in [0.15, 0.2) is 12.3 Å². The molecular weight excluding hydrogens is 276 g/mol. The first-order chi connectivity index (χ1) is 10.9. The molecule has 0 bridgehead atoms. The first kappa shape index (κ1) is 14.7. The number of rotatable bonds is 4. The molecule has 122 valence electrons. The molecule has 0 aromatic carbocycles. The number of nitrogens with zero attached hydrogens (tertiary/aromatic N) is 4.